The summed E-state index contributed by atoms with van der Waals surface area (Å²) in [4.78, 5) is 11.1. The van der Waals surface area contributed by atoms with Gasteiger partial charge in [-0.1, -0.05) is 11.8 Å². The van der Waals surface area contributed by atoms with Gasteiger partial charge in [0.15, 0.2) is 5.16 Å². The van der Waals surface area contributed by atoms with E-state index in [0.717, 1.165) is 10.9 Å². The molecule has 0 aliphatic heterocycles. The molecule has 1 amide bonds. The molecule has 9 heteroatoms. The molecule has 0 fully saturated rings. The van der Waals surface area contributed by atoms with Crippen LogP contribution in [0.4, 0.5) is 0 Å². The summed E-state index contributed by atoms with van der Waals surface area (Å²) in [6.45, 7) is 0.952. The first-order valence-corrected chi connectivity index (χ1v) is 9.63. The van der Waals surface area contributed by atoms with Crippen LogP contribution in [0.25, 0.3) is 0 Å². The van der Waals surface area contributed by atoms with Gasteiger partial charge in [-0.25, -0.2) is 0 Å². The number of benzene rings is 1. The van der Waals surface area contributed by atoms with E-state index in [4.69, 9.17) is 20.1 Å². The van der Waals surface area contributed by atoms with Crippen molar-refractivity contribution in [2.75, 3.05) is 12.4 Å². The van der Waals surface area contributed by atoms with Gasteiger partial charge in [0.2, 0.25) is 5.91 Å². The standard InChI is InChI=1S/C19H19N5O3S/c20-12-14-3-5-15(6-4-14)27-10-11-28-19-23-22-18(8-7-17(21)25)24(19)13-16-2-1-9-26-16/h1-6,9H,7-8,10-11,13H2,(H2,21,25). The third-order valence-corrected chi connectivity index (χ3v) is 4.78. The van der Waals surface area contributed by atoms with Gasteiger partial charge in [0, 0.05) is 18.6 Å². The van der Waals surface area contributed by atoms with Gasteiger partial charge in [0.05, 0.1) is 31.0 Å². The predicted octanol–water partition coefficient (Wildman–Crippen LogP) is 2.38. The number of hydrogen-bond donors (Lipinski definition) is 1. The lowest BCUT2D eigenvalue weighted by Gasteiger charge is -2.09. The second-order valence-electron chi connectivity index (χ2n) is 5.86. The van der Waals surface area contributed by atoms with Crippen LogP contribution in [-0.2, 0) is 17.8 Å². The van der Waals surface area contributed by atoms with Crippen molar-refractivity contribution in [1.82, 2.24) is 14.8 Å². The number of furan rings is 1. The van der Waals surface area contributed by atoms with Gasteiger partial charge in [-0.2, -0.15) is 5.26 Å². The van der Waals surface area contributed by atoms with Crippen LogP contribution in [0.3, 0.4) is 0 Å². The number of rotatable bonds is 10. The van der Waals surface area contributed by atoms with Crippen molar-refractivity contribution >= 4 is 17.7 Å². The zero-order valence-electron chi connectivity index (χ0n) is 15.1. The van der Waals surface area contributed by atoms with Crippen LogP contribution in [0, 0.1) is 11.3 Å². The van der Waals surface area contributed by atoms with Crippen molar-refractivity contribution in [2.45, 2.75) is 24.5 Å². The van der Waals surface area contributed by atoms with Crippen LogP contribution < -0.4 is 10.5 Å². The van der Waals surface area contributed by atoms with E-state index in [0.29, 0.717) is 42.5 Å². The van der Waals surface area contributed by atoms with E-state index < -0.39 is 0 Å². The summed E-state index contributed by atoms with van der Waals surface area (Å²) in [7, 11) is 0. The maximum atomic E-state index is 11.1. The monoisotopic (exact) mass is 397 g/mol. The molecule has 0 saturated heterocycles. The quantitative estimate of drug-likeness (QED) is 0.412. The van der Waals surface area contributed by atoms with E-state index in [2.05, 4.69) is 16.3 Å². The summed E-state index contributed by atoms with van der Waals surface area (Å²) >= 11 is 1.51. The summed E-state index contributed by atoms with van der Waals surface area (Å²) in [6.07, 6.45) is 2.25. The lowest BCUT2D eigenvalue weighted by molar-refractivity contribution is -0.118. The zero-order valence-corrected chi connectivity index (χ0v) is 15.9. The number of aryl methyl sites for hydroxylation is 1. The summed E-state index contributed by atoms with van der Waals surface area (Å²) < 4.78 is 13.0. The number of aromatic nitrogens is 3. The largest absolute Gasteiger partial charge is 0.493 e. The molecular formula is C19H19N5O3S. The zero-order chi connectivity index (χ0) is 19.8. The van der Waals surface area contributed by atoms with E-state index in [9.17, 15) is 4.79 Å². The van der Waals surface area contributed by atoms with Crippen LogP contribution in [0.1, 0.15) is 23.6 Å². The van der Waals surface area contributed by atoms with Crippen LogP contribution in [0.15, 0.2) is 52.2 Å². The van der Waals surface area contributed by atoms with Crippen molar-refractivity contribution in [1.29, 1.82) is 5.26 Å². The summed E-state index contributed by atoms with van der Waals surface area (Å²) in [6, 6.07) is 12.7. The van der Waals surface area contributed by atoms with Crippen LogP contribution in [0.2, 0.25) is 0 Å². The molecule has 0 aliphatic carbocycles. The van der Waals surface area contributed by atoms with Gasteiger partial charge in [-0.15, -0.1) is 10.2 Å². The minimum Gasteiger partial charge on any atom is -0.493 e. The molecule has 3 aromatic rings. The number of ether oxygens (including phenoxy) is 1. The Hall–Kier alpha value is -3.25. The molecule has 1 aromatic carbocycles. The Morgan fingerprint density at radius 1 is 1.29 bits per heavy atom. The third-order valence-electron chi connectivity index (χ3n) is 3.85. The number of hydrogen-bond acceptors (Lipinski definition) is 7. The lowest BCUT2D eigenvalue weighted by Crippen LogP contribution is -2.14. The van der Waals surface area contributed by atoms with Gasteiger partial charge < -0.3 is 14.9 Å². The molecule has 0 atom stereocenters. The van der Waals surface area contributed by atoms with Crippen molar-refractivity contribution in [3.8, 4) is 11.8 Å². The topological polar surface area (TPSA) is 120 Å². The molecule has 3 rings (SSSR count). The molecule has 0 aliphatic rings. The summed E-state index contributed by atoms with van der Waals surface area (Å²) in [5.74, 6) is 2.45. The number of carbonyl (C=O) groups excluding carboxylic acids is 1. The van der Waals surface area contributed by atoms with Crippen LogP contribution in [0.5, 0.6) is 5.75 Å². The minimum atomic E-state index is -0.377. The Labute approximate surface area is 166 Å². The molecule has 8 nitrogen and oxygen atoms in total. The Kier molecular flexibility index (Phi) is 6.70. The number of thioether (sulfide) groups is 1. The Bertz CT molecular complexity index is 945. The number of nitrogens with two attached hydrogens (primary N) is 1. The van der Waals surface area contributed by atoms with E-state index in [-0.39, 0.29) is 12.3 Å². The first kappa shape index (κ1) is 19.5. The molecule has 144 valence electrons. The summed E-state index contributed by atoms with van der Waals surface area (Å²) in [5, 5.41) is 18.0. The Balaban J connectivity index is 1.60. The highest BCUT2D eigenvalue weighted by Crippen LogP contribution is 2.20. The van der Waals surface area contributed by atoms with Crippen LogP contribution >= 0.6 is 11.8 Å². The summed E-state index contributed by atoms with van der Waals surface area (Å²) in [5.41, 5.74) is 5.84. The van der Waals surface area contributed by atoms with Gasteiger partial charge in [0.25, 0.3) is 0 Å². The maximum absolute atomic E-state index is 11.1. The fourth-order valence-electron chi connectivity index (χ4n) is 2.48. The Morgan fingerprint density at radius 3 is 2.79 bits per heavy atom. The number of amides is 1. The number of carbonyl (C=O) groups is 1. The van der Waals surface area contributed by atoms with Crippen molar-refractivity contribution in [3.05, 3.63) is 59.8 Å². The molecule has 0 unspecified atom stereocenters. The number of nitrogens with zero attached hydrogens (tertiary/aromatic N) is 4. The molecular weight excluding hydrogens is 378 g/mol. The average molecular weight is 397 g/mol. The maximum Gasteiger partial charge on any atom is 0.217 e. The molecule has 2 N–H and O–H groups in total. The van der Waals surface area contributed by atoms with Crippen molar-refractivity contribution < 1.29 is 13.9 Å². The Morgan fingerprint density at radius 2 is 2.11 bits per heavy atom. The molecule has 2 heterocycles. The van der Waals surface area contributed by atoms with E-state index in [1.807, 2.05) is 16.7 Å². The van der Waals surface area contributed by atoms with Gasteiger partial charge in [-0.05, 0) is 36.4 Å². The second-order valence-corrected chi connectivity index (χ2v) is 6.93. The average Bonchev–Trinajstić information content (AvgIpc) is 3.35. The molecule has 28 heavy (non-hydrogen) atoms. The molecule has 2 aromatic heterocycles. The highest BCUT2D eigenvalue weighted by molar-refractivity contribution is 7.99. The fourth-order valence-corrected chi connectivity index (χ4v) is 3.25. The molecule has 0 radical (unpaired) electrons. The minimum absolute atomic E-state index is 0.211. The van der Waals surface area contributed by atoms with Gasteiger partial charge in [0.1, 0.15) is 17.3 Å². The van der Waals surface area contributed by atoms with E-state index in [1.165, 1.54) is 11.8 Å². The molecule has 0 bridgehead atoms. The highest BCUT2D eigenvalue weighted by Gasteiger charge is 2.15. The second kappa shape index (κ2) is 9.62. The number of nitriles is 1. The van der Waals surface area contributed by atoms with Gasteiger partial charge in [-0.3, -0.25) is 9.36 Å². The van der Waals surface area contributed by atoms with Gasteiger partial charge >= 0.3 is 0 Å². The van der Waals surface area contributed by atoms with E-state index >= 15 is 0 Å². The highest BCUT2D eigenvalue weighted by atomic mass is 32.2. The fraction of sp³-hybridized carbons (Fsp3) is 0.263. The molecule has 0 spiro atoms. The first-order chi connectivity index (χ1) is 13.7. The SMILES string of the molecule is N#Cc1ccc(OCCSc2nnc(CCC(N)=O)n2Cc2ccco2)cc1. The first-order valence-electron chi connectivity index (χ1n) is 8.64. The van der Waals surface area contributed by atoms with E-state index in [1.54, 1.807) is 30.5 Å². The third kappa shape index (κ3) is 5.37. The smallest absolute Gasteiger partial charge is 0.217 e. The molecule has 0 saturated carbocycles. The lowest BCUT2D eigenvalue weighted by atomic mass is 10.2. The van der Waals surface area contributed by atoms with Crippen molar-refractivity contribution in [3.63, 3.8) is 0 Å². The number of primary amides is 1. The van der Waals surface area contributed by atoms with Crippen LogP contribution in [-0.4, -0.2) is 33.0 Å². The predicted molar refractivity (Wildman–Crippen MR) is 103 cm³/mol. The van der Waals surface area contributed by atoms with Crippen molar-refractivity contribution in [2.24, 2.45) is 5.73 Å². The normalized spacial score (nSPS) is 10.5.